The Bertz CT molecular complexity index is 976. The van der Waals surface area contributed by atoms with E-state index in [4.69, 9.17) is 0 Å². The van der Waals surface area contributed by atoms with Gasteiger partial charge in [0.1, 0.15) is 11.6 Å². The van der Waals surface area contributed by atoms with Crippen LogP contribution in [-0.4, -0.2) is 0 Å². The summed E-state index contributed by atoms with van der Waals surface area (Å²) in [6, 6.07) is 21.0. The van der Waals surface area contributed by atoms with E-state index in [1.807, 2.05) is 55.5 Å². The van der Waals surface area contributed by atoms with Crippen LogP contribution in [-0.2, 0) is 12.8 Å². The van der Waals surface area contributed by atoms with Gasteiger partial charge in [-0.2, -0.15) is 0 Å². The van der Waals surface area contributed by atoms with Crippen LogP contribution in [0.25, 0.3) is 12.2 Å². The van der Waals surface area contributed by atoms with Crippen LogP contribution in [0.2, 0.25) is 0 Å². The Balaban J connectivity index is 1.69. The number of rotatable bonds is 8. The van der Waals surface area contributed by atoms with E-state index in [1.54, 1.807) is 6.08 Å². The number of aryl methyl sites for hydroxylation is 1. The lowest BCUT2D eigenvalue weighted by molar-refractivity contribution is 0.573. The second-order valence-electron chi connectivity index (χ2n) is 7.67. The summed E-state index contributed by atoms with van der Waals surface area (Å²) < 4.78 is 29.2. The third-order valence-corrected chi connectivity index (χ3v) is 5.31. The molecule has 30 heavy (non-hydrogen) atoms. The second-order valence-corrected chi connectivity index (χ2v) is 7.67. The largest absolute Gasteiger partial charge is 0.206 e. The van der Waals surface area contributed by atoms with Crippen LogP contribution in [0.1, 0.15) is 54.0 Å². The summed E-state index contributed by atoms with van der Waals surface area (Å²) in [7, 11) is 0. The third kappa shape index (κ3) is 6.00. The highest BCUT2D eigenvalue weighted by Gasteiger charge is 2.12. The Kier molecular flexibility index (Phi) is 7.73. The number of benzene rings is 3. The number of halogens is 2. The highest BCUT2D eigenvalue weighted by Crippen LogP contribution is 2.24. The highest BCUT2D eigenvalue weighted by atomic mass is 19.1. The Labute approximate surface area is 178 Å². The normalized spacial score (nSPS) is 12.7. The first-order chi connectivity index (χ1) is 14.6. The molecule has 3 aromatic carbocycles. The lowest BCUT2D eigenvalue weighted by atomic mass is 9.93. The molecule has 0 amide bonds. The third-order valence-electron chi connectivity index (χ3n) is 5.31. The van der Waals surface area contributed by atoms with Crippen LogP contribution in [0.5, 0.6) is 0 Å². The molecule has 0 saturated carbocycles. The zero-order valence-electron chi connectivity index (χ0n) is 17.6. The van der Waals surface area contributed by atoms with Gasteiger partial charge >= 0.3 is 0 Å². The summed E-state index contributed by atoms with van der Waals surface area (Å²) >= 11 is 0. The van der Waals surface area contributed by atoms with Gasteiger partial charge in [0.15, 0.2) is 0 Å². The zero-order valence-corrected chi connectivity index (χ0v) is 17.6. The van der Waals surface area contributed by atoms with Crippen molar-refractivity contribution in [2.24, 2.45) is 0 Å². The average Bonchev–Trinajstić information content (AvgIpc) is 2.75. The van der Waals surface area contributed by atoms with Crippen molar-refractivity contribution in [3.63, 3.8) is 0 Å². The maximum atomic E-state index is 14.6. The van der Waals surface area contributed by atoms with E-state index >= 15 is 0 Å². The summed E-state index contributed by atoms with van der Waals surface area (Å²) in [4.78, 5) is 0. The molecule has 2 heteroatoms. The quantitative estimate of drug-likeness (QED) is 0.264. The van der Waals surface area contributed by atoms with Gasteiger partial charge in [-0.05, 0) is 72.6 Å². The fraction of sp³-hybridized carbons (Fsp3) is 0.214. The molecular formula is C28H28F2. The summed E-state index contributed by atoms with van der Waals surface area (Å²) in [5, 5.41) is 0. The molecule has 154 valence electrons. The summed E-state index contributed by atoms with van der Waals surface area (Å²) in [6.07, 6.45) is 10.1. The van der Waals surface area contributed by atoms with Gasteiger partial charge in [-0.1, -0.05) is 79.7 Å². The van der Waals surface area contributed by atoms with E-state index in [9.17, 15) is 8.78 Å². The molecule has 3 aromatic rings. The molecule has 0 unspecified atom stereocenters. The smallest absolute Gasteiger partial charge is 0.133 e. The molecule has 0 spiro atoms. The lowest BCUT2D eigenvalue weighted by Gasteiger charge is -2.13. The maximum absolute atomic E-state index is 14.6. The van der Waals surface area contributed by atoms with E-state index in [0.717, 1.165) is 24.0 Å². The van der Waals surface area contributed by atoms with Gasteiger partial charge in [-0.15, -0.1) is 0 Å². The van der Waals surface area contributed by atoms with Crippen molar-refractivity contribution in [3.8, 4) is 0 Å². The molecule has 3 rings (SSSR count). The van der Waals surface area contributed by atoms with Crippen LogP contribution in [0.3, 0.4) is 0 Å². The highest BCUT2D eigenvalue weighted by molar-refractivity contribution is 5.70. The van der Waals surface area contributed by atoms with Gasteiger partial charge in [-0.3, -0.25) is 0 Å². The molecule has 0 aliphatic carbocycles. The molecule has 0 nitrogen and oxygen atoms in total. The molecule has 0 aliphatic rings. The Hall–Kier alpha value is -3.00. The second kappa shape index (κ2) is 10.7. The molecule has 0 aromatic heterocycles. The minimum atomic E-state index is -0.524. The molecule has 0 aliphatic heterocycles. The number of hydrogen-bond donors (Lipinski definition) is 0. The van der Waals surface area contributed by atoms with Crippen LogP contribution in [0, 0.1) is 11.6 Å². The SMILES string of the molecule is CC=CCCc1ccc(C=Cc2c(F)cc(C[C@H](C)c3ccccc3)cc2F)cc1. The van der Waals surface area contributed by atoms with Crippen molar-refractivity contribution >= 4 is 12.2 Å². The summed E-state index contributed by atoms with van der Waals surface area (Å²) in [6.45, 7) is 4.09. The first-order valence-corrected chi connectivity index (χ1v) is 10.5. The molecule has 0 radical (unpaired) electrons. The average molecular weight is 403 g/mol. The van der Waals surface area contributed by atoms with Crippen molar-refractivity contribution in [2.75, 3.05) is 0 Å². The standard InChI is InChI=1S/C28H28F2/c1-3-4-6-9-22-12-14-23(15-13-22)16-17-26-27(29)19-24(20-28(26)30)18-21(2)25-10-7-5-8-11-25/h3-5,7-8,10-17,19-21H,6,9,18H2,1-2H3/t21-/m0/s1. The zero-order chi connectivity index (χ0) is 21.3. The maximum Gasteiger partial charge on any atom is 0.133 e. The minimum absolute atomic E-state index is 0.00303. The van der Waals surface area contributed by atoms with Crippen molar-refractivity contribution in [1.29, 1.82) is 0 Å². The van der Waals surface area contributed by atoms with Crippen LogP contribution < -0.4 is 0 Å². The Morgan fingerprint density at radius 1 is 0.833 bits per heavy atom. The van der Waals surface area contributed by atoms with Gasteiger partial charge in [0.05, 0.1) is 0 Å². The van der Waals surface area contributed by atoms with E-state index < -0.39 is 11.6 Å². The summed E-state index contributed by atoms with van der Waals surface area (Å²) in [5.41, 5.74) is 4.01. The molecule has 1 atom stereocenters. The van der Waals surface area contributed by atoms with E-state index in [0.29, 0.717) is 12.0 Å². The monoisotopic (exact) mass is 402 g/mol. The molecule has 0 N–H and O–H groups in total. The number of allylic oxidation sites excluding steroid dienone is 2. The van der Waals surface area contributed by atoms with Gasteiger partial charge in [0.25, 0.3) is 0 Å². The minimum Gasteiger partial charge on any atom is -0.206 e. The van der Waals surface area contributed by atoms with E-state index in [-0.39, 0.29) is 11.5 Å². The first-order valence-electron chi connectivity index (χ1n) is 10.5. The lowest BCUT2D eigenvalue weighted by Crippen LogP contribution is -2.01. The van der Waals surface area contributed by atoms with Gasteiger partial charge in [-0.25, -0.2) is 8.78 Å². The van der Waals surface area contributed by atoms with E-state index in [1.165, 1.54) is 23.8 Å². The molecule has 0 heterocycles. The first kappa shape index (κ1) is 21.7. The van der Waals surface area contributed by atoms with Crippen molar-refractivity contribution in [2.45, 2.75) is 39.0 Å². The van der Waals surface area contributed by atoms with Gasteiger partial charge in [0.2, 0.25) is 0 Å². The fourth-order valence-corrected chi connectivity index (χ4v) is 3.56. The van der Waals surface area contributed by atoms with Crippen LogP contribution >= 0.6 is 0 Å². The van der Waals surface area contributed by atoms with Crippen molar-refractivity contribution in [1.82, 2.24) is 0 Å². The topological polar surface area (TPSA) is 0 Å². The summed E-state index contributed by atoms with van der Waals surface area (Å²) in [5.74, 6) is -0.855. The van der Waals surface area contributed by atoms with Crippen LogP contribution in [0.4, 0.5) is 8.78 Å². The van der Waals surface area contributed by atoms with Crippen LogP contribution in [0.15, 0.2) is 78.9 Å². The Morgan fingerprint density at radius 2 is 1.50 bits per heavy atom. The van der Waals surface area contributed by atoms with E-state index in [2.05, 4.69) is 25.1 Å². The van der Waals surface area contributed by atoms with Gasteiger partial charge < -0.3 is 0 Å². The fourth-order valence-electron chi connectivity index (χ4n) is 3.56. The predicted molar refractivity (Wildman–Crippen MR) is 123 cm³/mol. The van der Waals surface area contributed by atoms with Crippen molar-refractivity contribution < 1.29 is 8.78 Å². The molecule has 0 fully saturated rings. The van der Waals surface area contributed by atoms with Crippen molar-refractivity contribution in [3.05, 3.63) is 118 Å². The molecule has 0 saturated heterocycles. The number of hydrogen-bond acceptors (Lipinski definition) is 0. The Morgan fingerprint density at radius 3 is 2.13 bits per heavy atom. The predicted octanol–water partition coefficient (Wildman–Crippen LogP) is 7.99. The molecular weight excluding hydrogens is 374 g/mol. The van der Waals surface area contributed by atoms with Gasteiger partial charge in [0, 0.05) is 5.56 Å². The molecule has 0 bridgehead atoms.